The fourth-order valence-electron chi connectivity index (χ4n) is 1.86. The minimum absolute atomic E-state index is 0.175. The predicted molar refractivity (Wildman–Crippen MR) is 78.3 cm³/mol. The van der Waals surface area contributed by atoms with Gasteiger partial charge in [-0.05, 0) is 36.4 Å². The van der Waals surface area contributed by atoms with Crippen LogP contribution in [0.15, 0.2) is 42.6 Å². The molecule has 0 saturated heterocycles. The lowest BCUT2D eigenvalue weighted by Crippen LogP contribution is -2.26. The maximum absolute atomic E-state index is 12.4. The molecule has 1 amide bonds. The number of amides is 1. The van der Waals surface area contributed by atoms with Crippen LogP contribution >= 0.6 is 0 Å². The summed E-state index contributed by atoms with van der Waals surface area (Å²) in [6.07, 6.45) is 1.54. The van der Waals surface area contributed by atoms with E-state index in [-0.39, 0.29) is 18.0 Å². The molecule has 108 valence electrons. The Hall–Kier alpha value is -2.73. The number of hydrogen-bond donors (Lipinski definition) is 2. The lowest BCUT2D eigenvalue weighted by Gasteiger charge is -2.17. The van der Waals surface area contributed by atoms with E-state index in [1.165, 1.54) is 23.2 Å². The molecule has 0 saturated carbocycles. The number of nitrogens with zero attached hydrogens (tertiary/aromatic N) is 2. The summed E-state index contributed by atoms with van der Waals surface area (Å²) in [5.41, 5.74) is 7.41. The summed E-state index contributed by atoms with van der Waals surface area (Å²) in [6.45, 7) is 0.262. The zero-order valence-electron chi connectivity index (χ0n) is 11.5. The van der Waals surface area contributed by atoms with Gasteiger partial charge in [-0.3, -0.25) is 9.78 Å². The number of carbonyl (C=O) groups excluding carboxylic acids is 1. The van der Waals surface area contributed by atoms with Crippen LogP contribution in [-0.2, 0) is 6.54 Å². The summed E-state index contributed by atoms with van der Waals surface area (Å²) in [4.78, 5) is 28.7. The second-order valence-electron chi connectivity index (χ2n) is 4.46. The van der Waals surface area contributed by atoms with E-state index in [0.717, 1.165) is 0 Å². The van der Waals surface area contributed by atoms with E-state index in [0.29, 0.717) is 16.9 Å². The molecule has 1 heterocycles. The number of benzene rings is 1. The molecule has 2 rings (SSSR count). The zero-order valence-corrected chi connectivity index (χ0v) is 11.5. The van der Waals surface area contributed by atoms with Gasteiger partial charge in [0, 0.05) is 31.0 Å². The van der Waals surface area contributed by atoms with Gasteiger partial charge < -0.3 is 15.7 Å². The highest BCUT2D eigenvalue weighted by Crippen LogP contribution is 2.17. The average molecular weight is 285 g/mol. The molecular weight excluding hydrogens is 270 g/mol. The molecule has 0 atom stereocenters. The molecule has 3 N–H and O–H groups in total. The van der Waals surface area contributed by atoms with Crippen molar-refractivity contribution < 1.29 is 14.7 Å². The third-order valence-corrected chi connectivity index (χ3v) is 3.08. The molecule has 21 heavy (non-hydrogen) atoms. The van der Waals surface area contributed by atoms with Crippen LogP contribution in [0.4, 0.5) is 5.69 Å². The quantitative estimate of drug-likeness (QED) is 0.887. The normalized spacial score (nSPS) is 10.2. The first-order chi connectivity index (χ1) is 10.0. The lowest BCUT2D eigenvalue weighted by atomic mass is 10.1. The smallest absolute Gasteiger partial charge is 0.335 e. The van der Waals surface area contributed by atoms with E-state index in [1.807, 2.05) is 0 Å². The molecular formula is C15H15N3O3. The SMILES string of the molecule is CN(C(=O)c1ccnc(CN)c1)c1ccc(C(=O)O)cc1. The number of nitrogens with two attached hydrogens (primary N) is 1. The zero-order chi connectivity index (χ0) is 15.4. The van der Waals surface area contributed by atoms with E-state index >= 15 is 0 Å². The Morgan fingerprint density at radius 3 is 2.43 bits per heavy atom. The van der Waals surface area contributed by atoms with Gasteiger partial charge in [-0.25, -0.2) is 4.79 Å². The first-order valence-electron chi connectivity index (χ1n) is 6.29. The molecule has 0 bridgehead atoms. The van der Waals surface area contributed by atoms with Crippen molar-refractivity contribution in [1.82, 2.24) is 4.98 Å². The summed E-state index contributed by atoms with van der Waals surface area (Å²) < 4.78 is 0. The minimum Gasteiger partial charge on any atom is -0.478 e. The van der Waals surface area contributed by atoms with E-state index in [2.05, 4.69) is 4.98 Å². The molecule has 1 aromatic carbocycles. The maximum Gasteiger partial charge on any atom is 0.335 e. The number of carboxylic acids is 1. The fraction of sp³-hybridized carbons (Fsp3) is 0.133. The van der Waals surface area contributed by atoms with E-state index in [4.69, 9.17) is 10.8 Å². The maximum atomic E-state index is 12.4. The van der Waals surface area contributed by atoms with Gasteiger partial charge in [-0.2, -0.15) is 0 Å². The van der Waals surface area contributed by atoms with Gasteiger partial charge in [0.15, 0.2) is 0 Å². The van der Waals surface area contributed by atoms with Crippen LogP contribution in [0.2, 0.25) is 0 Å². The summed E-state index contributed by atoms with van der Waals surface area (Å²) >= 11 is 0. The molecule has 0 aliphatic heterocycles. The molecule has 6 nitrogen and oxygen atoms in total. The molecule has 0 aliphatic rings. The summed E-state index contributed by atoms with van der Waals surface area (Å²) in [5.74, 6) is -1.22. The Kier molecular flexibility index (Phi) is 4.30. The van der Waals surface area contributed by atoms with Crippen LogP contribution < -0.4 is 10.6 Å². The first-order valence-corrected chi connectivity index (χ1v) is 6.29. The highest BCUT2D eigenvalue weighted by molar-refractivity contribution is 6.05. The Morgan fingerprint density at radius 2 is 1.86 bits per heavy atom. The summed E-state index contributed by atoms with van der Waals surface area (Å²) in [7, 11) is 1.63. The summed E-state index contributed by atoms with van der Waals surface area (Å²) in [5, 5.41) is 8.86. The van der Waals surface area contributed by atoms with Crippen LogP contribution in [0.5, 0.6) is 0 Å². The lowest BCUT2D eigenvalue weighted by molar-refractivity contribution is 0.0696. The van der Waals surface area contributed by atoms with Crippen molar-refractivity contribution in [2.24, 2.45) is 5.73 Å². The Bertz CT molecular complexity index is 668. The monoisotopic (exact) mass is 285 g/mol. The number of carbonyl (C=O) groups is 2. The molecule has 0 aliphatic carbocycles. The first kappa shape index (κ1) is 14.7. The minimum atomic E-state index is -1.00. The van der Waals surface area contributed by atoms with E-state index in [9.17, 15) is 9.59 Å². The number of hydrogen-bond acceptors (Lipinski definition) is 4. The largest absolute Gasteiger partial charge is 0.478 e. The fourth-order valence-corrected chi connectivity index (χ4v) is 1.86. The molecule has 1 aromatic heterocycles. The van der Waals surface area contributed by atoms with Gasteiger partial charge in [0.1, 0.15) is 0 Å². The summed E-state index contributed by atoms with van der Waals surface area (Å²) in [6, 6.07) is 9.35. The van der Waals surface area contributed by atoms with Gasteiger partial charge >= 0.3 is 5.97 Å². The topological polar surface area (TPSA) is 96.5 Å². The van der Waals surface area contributed by atoms with Gasteiger partial charge in [0.2, 0.25) is 0 Å². The third-order valence-electron chi connectivity index (χ3n) is 3.08. The number of pyridine rings is 1. The highest BCUT2D eigenvalue weighted by Gasteiger charge is 2.14. The highest BCUT2D eigenvalue weighted by atomic mass is 16.4. The second kappa shape index (κ2) is 6.15. The number of rotatable bonds is 4. The second-order valence-corrected chi connectivity index (χ2v) is 4.46. The van der Waals surface area contributed by atoms with Crippen molar-refractivity contribution in [2.75, 3.05) is 11.9 Å². The molecule has 0 unspecified atom stereocenters. The van der Waals surface area contributed by atoms with Gasteiger partial charge in [-0.1, -0.05) is 0 Å². The molecule has 2 aromatic rings. The van der Waals surface area contributed by atoms with Gasteiger partial charge in [-0.15, -0.1) is 0 Å². The Morgan fingerprint density at radius 1 is 1.19 bits per heavy atom. The van der Waals surface area contributed by atoms with Gasteiger partial charge in [0.05, 0.1) is 11.3 Å². The van der Waals surface area contributed by atoms with Crippen molar-refractivity contribution in [1.29, 1.82) is 0 Å². The van der Waals surface area contributed by atoms with Crippen LogP contribution in [0.1, 0.15) is 26.4 Å². The average Bonchev–Trinajstić information content (AvgIpc) is 2.53. The number of anilines is 1. The molecule has 0 fully saturated rings. The van der Waals surface area contributed by atoms with Crippen molar-refractivity contribution in [3.05, 3.63) is 59.4 Å². The van der Waals surface area contributed by atoms with Gasteiger partial charge in [0.25, 0.3) is 5.91 Å². The van der Waals surface area contributed by atoms with E-state index < -0.39 is 5.97 Å². The number of aromatic nitrogens is 1. The van der Waals surface area contributed by atoms with Crippen LogP contribution in [0.25, 0.3) is 0 Å². The van der Waals surface area contributed by atoms with Crippen molar-refractivity contribution >= 4 is 17.6 Å². The van der Waals surface area contributed by atoms with Crippen LogP contribution in [0.3, 0.4) is 0 Å². The molecule has 0 radical (unpaired) electrons. The van der Waals surface area contributed by atoms with E-state index in [1.54, 1.807) is 31.3 Å². The van der Waals surface area contributed by atoms with Crippen LogP contribution in [0, 0.1) is 0 Å². The van der Waals surface area contributed by atoms with Crippen molar-refractivity contribution in [2.45, 2.75) is 6.54 Å². The Balaban J connectivity index is 2.23. The predicted octanol–water partition coefficient (Wildman–Crippen LogP) is 1.52. The van der Waals surface area contributed by atoms with Crippen molar-refractivity contribution in [3.8, 4) is 0 Å². The standard InChI is InChI=1S/C15H15N3O3/c1-18(13-4-2-10(3-5-13)15(20)21)14(19)11-6-7-17-12(8-11)9-16/h2-8H,9,16H2,1H3,(H,20,21). The Labute approximate surface area is 121 Å². The molecule has 6 heteroatoms. The van der Waals surface area contributed by atoms with Crippen molar-refractivity contribution in [3.63, 3.8) is 0 Å². The molecule has 0 spiro atoms. The number of carboxylic acid groups (broad SMARTS) is 1. The third kappa shape index (κ3) is 3.24. The van der Waals surface area contributed by atoms with Crippen LogP contribution in [-0.4, -0.2) is 29.0 Å². The number of aromatic carboxylic acids is 1.